The predicted molar refractivity (Wildman–Crippen MR) is 124 cm³/mol. The second-order valence-corrected chi connectivity index (χ2v) is 9.17. The second kappa shape index (κ2) is 8.88. The summed E-state index contributed by atoms with van der Waals surface area (Å²) < 4.78 is 33.8. The summed E-state index contributed by atoms with van der Waals surface area (Å²) in [4.78, 5) is 11.2. The van der Waals surface area contributed by atoms with Gasteiger partial charge in [0.15, 0.2) is 0 Å². The maximum Gasteiger partial charge on any atom is 0.303 e. The molecule has 164 valence electrons. The van der Waals surface area contributed by atoms with E-state index in [1.54, 1.807) is 30.3 Å². The molecule has 7 heteroatoms. The highest BCUT2D eigenvalue weighted by atomic mass is 32.2. The van der Waals surface area contributed by atoms with E-state index in [9.17, 15) is 13.2 Å². The lowest BCUT2D eigenvalue weighted by Gasteiger charge is -2.10. The van der Waals surface area contributed by atoms with Crippen LogP contribution in [0.1, 0.15) is 18.9 Å². The monoisotopic (exact) mass is 449 g/mol. The van der Waals surface area contributed by atoms with Crippen molar-refractivity contribution in [2.45, 2.75) is 24.7 Å². The maximum absolute atomic E-state index is 13.5. The normalized spacial score (nSPS) is 11.5. The van der Waals surface area contributed by atoms with Gasteiger partial charge in [0.05, 0.1) is 17.0 Å². The van der Waals surface area contributed by atoms with Crippen LogP contribution in [0.15, 0.2) is 83.9 Å². The molecule has 4 rings (SSSR count). The molecule has 4 aromatic rings. The molecule has 1 N–H and O–H groups in total. The fraction of sp³-hybridized carbons (Fsp3) is 0.160. The Balaban J connectivity index is 1.75. The molecule has 6 nitrogen and oxygen atoms in total. The Morgan fingerprint density at radius 3 is 2.44 bits per heavy atom. The third-order valence-corrected chi connectivity index (χ3v) is 6.93. The summed E-state index contributed by atoms with van der Waals surface area (Å²) in [7, 11) is -3.89. The summed E-state index contributed by atoms with van der Waals surface area (Å²) in [6.45, 7) is 2.49. The number of rotatable bonds is 8. The number of carboxylic acids is 1. The van der Waals surface area contributed by atoms with E-state index in [0.717, 1.165) is 22.3 Å². The molecule has 0 unspecified atom stereocenters. The maximum atomic E-state index is 13.5. The first-order valence-corrected chi connectivity index (χ1v) is 11.7. The zero-order chi connectivity index (χ0) is 22.7. The number of hydrogen-bond donors (Lipinski definition) is 1. The first-order valence-electron chi connectivity index (χ1n) is 10.3. The van der Waals surface area contributed by atoms with E-state index < -0.39 is 16.0 Å². The lowest BCUT2D eigenvalue weighted by atomic mass is 10.1. The first-order chi connectivity index (χ1) is 15.4. The number of ether oxygens (including phenoxy) is 1. The highest BCUT2D eigenvalue weighted by Crippen LogP contribution is 2.29. The summed E-state index contributed by atoms with van der Waals surface area (Å²) in [5.41, 5.74) is 2.87. The minimum atomic E-state index is -3.89. The second-order valence-electron chi connectivity index (χ2n) is 7.35. The van der Waals surface area contributed by atoms with Gasteiger partial charge < -0.3 is 9.84 Å². The molecule has 3 aromatic carbocycles. The van der Waals surface area contributed by atoms with Gasteiger partial charge >= 0.3 is 5.97 Å². The number of aryl methyl sites for hydroxylation is 1. The number of aromatic nitrogens is 1. The van der Waals surface area contributed by atoms with Crippen LogP contribution in [0.4, 0.5) is 0 Å². The Bertz CT molecular complexity index is 1370. The van der Waals surface area contributed by atoms with Crippen LogP contribution in [-0.2, 0) is 21.2 Å². The van der Waals surface area contributed by atoms with Crippen LogP contribution >= 0.6 is 0 Å². The van der Waals surface area contributed by atoms with Crippen molar-refractivity contribution < 1.29 is 23.1 Å². The van der Waals surface area contributed by atoms with Gasteiger partial charge in [-0.25, -0.2) is 12.4 Å². The Morgan fingerprint density at radius 2 is 1.72 bits per heavy atom. The lowest BCUT2D eigenvalue weighted by Crippen LogP contribution is -2.12. The van der Waals surface area contributed by atoms with Crippen LogP contribution < -0.4 is 4.74 Å². The van der Waals surface area contributed by atoms with E-state index in [1.165, 1.54) is 10.2 Å². The van der Waals surface area contributed by atoms with Crippen molar-refractivity contribution in [3.8, 4) is 16.9 Å². The number of nitrogens with zero attached hydrogens (tertiary/aromatic N) is 1. The van der Waals surface area contributed by atoms with Crippen LogP contribution in [-0.4, -0.2) is 30.1 Å². The van der Waals surface area contributed by atoms with E-state index in [0.29, 0.717) is 17.7 Å². The fourth-order valence-electron chi connectivity index (χ4n) is 3.72. The average molecular weight is 450 g/mol. The Morgan fingerprint density at radius 1 is 0.969 bits per heavy atom. The molecule has 0 saturated heterocycles. The molecule has 0 aliphatic rings. The number of benzene rings is 3. The summed E-state index contributed by atoms with van der Waals surface area (Å²) >= 11 is 0. The molecule has 0 radical (unpaired) electrons. The van der Waals surface area contributed by atoms with E-state index in [2.05, 4.69) is 0 Å². The van der Waals surface area contributed by atoms with Crippen molar-refractivity contribution in [2.75, 3.05) is 6.61 Å². The van der Waals surface area contributed by atoms with Gasteiger partial charge in [-0.15, -0.1) is 0 Å². The number of fused-ring (bicyclic) bond motifs is 1. The minimum Gasteiger partial charge on any atom is -0.494 e. The highest BCUT2D eigenvalue weighted by molar-refractivity contribution is 7.90. The summed E-state index contributed by atoms with van der Waals surface area (Å²) in [5.74, 6) is -0.166. The topological polar surface area (TPSA) is 85.6 Å². The number of aliphatic carboxylic acids is 1. The fourth-order valence-corrected chi connectivity index (χ4v) is 5.16. The molecule has 0 spiro atoms. The summed E-state index contributed by atoms with van der Waals surface area (Å²) in [6.07, 6.45) is 1.72. The van der Waals surface area contributed by atoms with Gasteiger partial charge in [0, 0.05) is 18.0 Å². The van der Waals surface area contributed by atoms with Crippen molar-refractivity contribution >= 4 is 26.9 Å². The van der Waals surface area contributed by atoms with Crippen LogP contribution in [0.5, 0.6) is 5.75 Å². The van der Waals surface area contributed by atoms with E-state index in [-0.39, 0.29) is 17.7 Å². The Labute approximate surface area is 186 Å². The molecule has 0 aliphatic heterocycles. The van der Waals surface area contributed by atoms with E-state index in [1.807, 2.05) is 49.4 Å². The van der Waals surface area contributed by atoms with Crippen LogP contribution in [0.2, 0.25) is 0 Å². The standard InChI is InChI=1S/C25H23NO5S/c1-2-31-21-13-10-18(11-14-21)19-6-5-7-22(16-19)32(29,30)26-17-20(12-15-25(27)28)23-8-3-4-9-24(23)26/h3-11,13-14,16-17H,2,12,15H2,1H3,(H,27,28). The van der Waals surface area contributed by atoms with Gasteiger partial charge in [-0.1, -0.05) is 42.5 Å². The van der Waals surface area contributed by atoms with Crippen molar-refractivity contribution in [2.24, 2.45) is 0 Å². The number of para-hydroxylation sites is 1. The molecule has 0 fully saturated rings. The van der Waals surface area contributed by atoms with Crippen LogP contribution in [0.25, 0.3) is 22.0 Å². The zero-order valence-corrected chi connectivity index (χ0v) is 18.4. The highest BCUT2D eigenvalue weighted by Gasteiger charge is 2.22. The largest absolute Gasteiger partial charge is 0.494 e. The molecule has 1 heterocycles. The smallest absolute Gasteiger partial charge is 0.303 e. The van der Waals surface area contributed by atoms with Crippen molar-refractivity contribution in [3.05, 3.63) is 84.6 Å². The third kappa shape index (κ3) is 4.24. The number of hydrogen-bond acceptors (Lipinski definition) is 4. The zero-order valence-electron chi connectivity index (χ0n) is 17.6. The van der Waals surface area contributed by atoms with Gasteiger partial charge in [0.2, 0.25) is 0 Å². The van der Waals surface area contributed by atoms with Gasteiger partial charge in [0.1, 0.15) is 5.75 Å². The number of carbonyl (C=O) groups is 1. The lowest BCUT2D eigenvalue weighted by molar-refractivity contribution is -0.136. The molecule has 0 saturated carbocycles. The quantitative estimate of drug-likeness (QED) is 0.411. The van der Waals surface area contributed by atoms with Gasteiger partial charge in [-0.2, -0.15) is 0 Å². The van der Waals surface area contributed by atoms with Crippen molar-refractivity contribution in [3.63, 3.8) is 0 Å². The molecule has 0 amide bonds. The summed E-state index contributed by atoms with van der Waals surface area (Å²) in [6, 6.07) is 21.4. The van der Waals surface area contributed by atoms with Crippen LogP contribution in [0, 0.1) is 0 Å². The Hall–Kier alpha value is -3.58. The van der Waals surface area contributed by atoms with E-state index in [4.69, 9.17) is 9.84 Å². The first kappa shape index (κ1) is 21.6. The third-order valence-electron chi connectivity index (χ3n) is 5.26. The molecule has 32 heavy (non-hydrogen) atoms. The van der Waals surface area contributed by atoms with Gasteiger partial charge in [0.25, 0.3) is 10.0 Å². The molecular formula is C25H23NO5S. The van der Waals surface area contributed by atoms with Crippen LogP contribution in [0.3, 0.4) is 0 Å². The molecule has 0 bridgehead atoms. The minimum absolute atomic E-state index is 0.0682. The predicted octanol–water partition coefficient (Wildman–Crippen LogP) is 4.96. The Kier molecular flexibility index (Phi) is 6.01. The number of carboxylic acid groups (broad SMARTS) is 1. The van der Waals surface area contributed by atoms with Gasteiger partial charge in [-0.3, -0.25) is 4.79 Å². The summed E-state index contributed by atoms with van der Waals surface area (Å²) in [5, 5.41) is 9.78. The molecule has 0 aliphatic carbocycles. The van der Waals surface area contributed by atoms with E-state index >= 15 is 0 Å². The van der Waals surface area contributed by atoms with Gasteiger partial charge in [-0.05, 0) is 60.4 Å². The van der Waals surface area contributed by atoms with Crippen molar-refractivity contribution in [1.82, 2.24) is 3.97 Å². The molecule has 1 aromatic heterocycles. The molecular weight excluding hydrogens is 426 g/mol. The average Bonchev–Trinajstić information content (AvgIpc) is 3.18. The molecule has 0 atom stereocenters. The van der Waals surface area contributed by atoms with Crippen molar-refractivity contribution in [1.29, 1.82) is 0 Å². The SMILES string of the molecule is CCOc1ccc(-c2cccc(S(=O)(=O)n3cc(CCC(=O)O)c4ccccc43)c2)cc1.